The number of fused-ring (bicyclic) bond motifs is 1. The summed E-state index contributed by atoms with van der Waals surface area (Å²) in [6, 6.07) is 6.48. The highest BCUT2D eigenvalue weighted by molar-refractivity contribution is 5.96. The molecule has 0 saturated heterocycles. The number of ether oxygens (including phenoxy) is 1. The molecule has 28 heavy (non-hydrogen) atoms. The van der Waals surface area contributed by atoms with Gasteiger partial charge in [0.25, 0.3) is 0 Å². The van der Waals surface area contributed by atoms with Crippen molar-refractivity contribution in [1.29, 1.82) is 5.41 Å². The van der Waals surface area contributed by atoms with Gasteiger partial charge in [-0.15, -0.1) is 0 Å². The van der Waals surface area contributed by atoms with Gasteiger partial charge < -0.3 is 20.5 Å². The smallest absolute Gasteiger partial charge is 0.341 e. The minimum Gasteiger partial charge on any atom is -0.486 e. The maximum absolute atomic E-state index is 11.5. The first kappa shape index (κ1) is 20.6. The molecule has 0 bridgehead atoms. The summed E-state index contributed by atoms with van der Waals surface area (Å²) in [7, 11) is 2.00. The van der Waals surface area contributed by atoms with Gasteiger partial charge >= 0.3 is 5.97 Å². The molecule has 2 aliphatic rings. The Kier molecular flexibility index (Phi) is 6.22. The van der Waals surface area contributed by atoms with Crippen molar-refractivity contribution in [3.8, 4) is 5.75 Å². The summed E-state index contributed by atoms with van der Waals surface area (Å²) in [5.74, 6) is 5.11. The van der Waals surface area contributed by atoms with E-state index in [4.69, 9.17) is 20.9 Å². The van der Waals surface area contributed by atoms with Crippen LogP contribution in [0.4, 0.5) is 0 Å². The third-order valence-electron chi connectivity index (χ3n) is 6.06. The predicted molar refractivity (Wildman–Crippen MR) is 106 cm³/mol. The van der Waals surface area contributed by atoms with E-state index >= 15 is 0 Å². The van der Waals surface area contributed by atoms with Crippen molar-refractivity contribution in [2.45, 2.75) is 69.2 Å². The number of aliphatic carboxylic acids is 1. The standard InChI is InChI=1S/C20H30N4O4/c1-20(28-22,19(25)26)17-10-4-12-11-13(3-9-16(12)27-17)18(21)24-15-7-5-14(23-2)6-8-15/h3,9,11,14-15,17,23H,4-8,10,22H2,1-2H3,(H2,21,24)(H,25,26)/t14-,15-,17-,20+/m1/s1. The van der Waals surface area contributed by atoms with Gasteiger partial charge in [0.1, 0.15) is 17.7 Å². The van der Waals surface area contributed by atoms with Crippen LogP contribution in [0.15, 0.2) is 18.2 Å². The molecule has 1 saturated carbocycles. The van der Waals surface area contributed by atoms with E-state index in [-0.39, 0.29) is 0 Å². The van der Waals surface area contributed by atoms with E-state index in [1.54, 1.807) is 6.07 Å². The molecule has 0 amide bonds. The lowest BCUT2D eigenvalue weighted by molar-refractivity contribution is -0.179. The number of nitrogens with two attached hydrogens (primary N) is 1. The molecular weight excluding hydrogens is 360 g/mol. The summed E-state index contributed by atoms with van der Waals surface area (Å²) < 4.78 is 5.87. The van der Waals surface area contributed by atoms with E-state index in [1.165, 1.54) is 6.92 Å². The second kappa shape index (κ2) is 8.46. The second-order valence-electron chi connectivity index (χ2n) is 7.85. The van der Waals surface area contributed by atoms with Crippen LogP contribution in [0.2, 0.25) is 0 Å². The zero-order valence-electron chi connectivity index (χ0n) is 16.5. The Morgan fingerprint density at radius 3 is 2.57 bits per heavy atom. The first-order valence-corrected chi connectivity index (χ1v) is 9.81. The fraction of sp³-hybridized carbons (Fsp3) is 0.600. The summed E-state index contributed by atoms with van der Waals surface area (Å²) in [5, 5.41) is 24.5. The maximum atomic E-state index is 11.5. The van der Waals surface area contributed by atoms with Crippen LogP contribution < -0.4 is 21.3 Å². The fourth-order valence-electron chi connectivity index (χ4n) is 4.01. The van der Waals surface area contributed by atoms with Crippen LogP contribution in [0, 0.1) is 5.41 Å². The number of benzene rings is 1. The Morgan fingerprint density at radius 2 is 1.96 bits per heavy atom. The highest BCUT2D eigenvalue weighted by atomic mass is 16.7. The van der Waals surface area contributed by atoms with Crippen LogP contribution >= 0.6 is 0 Å². The molecular formula is C20H30N4O4. The van der Waals surface area contributed by atoms with Crippen LogP contribution in [0.25, 0.3) is 0 Å². The highest BCUT2D eigenvalue weighted by Crippen LogP contribution is 2.33. The van der Waals surface area contributed by atoms with Crippen LogP contribution in [0.5, 0.6) is 5.75 Å². The Hall–Kier alpha value is -2.16. The number of carboxylic acid groups (broad SMARTS) is 1. The molecule has 1 heterocycles. The van der Waals surface area contributed by atoms with Crippen molar-refractivity contribution in [2.75, 3.05) is 7.05 Å². The van der Waals surface area contributed by atoms with Crippen LogP contribution in [-0.2, 0) is 16.1 Å². The van der Waals surface area contributed by atoms with Crippen molar-refractivity contribution in [3.63, 3.8) is 0 Å². The summed E-state index contributed by atoms with van der Waals surface area (Å²) in [5.41, 5.74) is 0.174. The zero-order chi connectivity index (χ0) is 20.3. The van der Waals surface area contributed by atoms with Crippen LogP contribution in [-0.4, -0.2) is 47.7 Å². The normalized spacial score (nSPS) is 26.5. The largest absolute Gasteiger partial charge is 0.486 e. The first-order valence-electron chi connectivity index (χ1n) is 9.81. The summed E-state index contributed by atoms with van der Waals surface area (Å²) >= 11 is 0. The summed E-state index contributed by atoms with van der Waals surface area (Å²) in [6.45, 7) is 1.42. The Bertz CT molecular complexity index is 733. The van der Waals surface area contributed by atoms with Crippen molar-refractivity contribution in [1.82, 2.24) is 10.6 Å². The molecule has 2 atom stereocenters. The minimum absolute atomic E-state index is 0.326. The van der Waals surface area contributed by atoms with Crippen molar-refractivity contribution < 1.29 is 19.5 Å². The molecule has 1 fully saturated rings. The molecule has 8 nitrogen and oxygen atoms in total. The van der Waals surface area contributed by atoms with Crippen LogP contribution in [0.1, 0.15) is 50.2 Å². The molecule has 1 aliphatic carbocycles. The molecule has 8 heteroatoms. The van der Waals surface area contributed by atoms with E-state index in [0.717, 1.165) is 36.8 Å². The van der Waals surface area contributed by atoms with Gasteiger partial charge in [-0.25, -0.2) is 10.7 Å². The third-order valence-corrected chi connectivity index (χ3v) is 6.06. The first-order chi connectivity index (χ1) is 13.4. The van der Waals surface area contributed by atoms with E-state index < -0.39 is 17.7 Å². The summed E-state index contributed by atoms with van der Waals surface area (Å²) in [4.78, 5) is 16.3. The molecule has 6 N–H and O–H groups in total. The molecule has 0 radical (unpaired) electrons. The SMILES string of the molecule is CN[C@H]1CC[C@H](NC(=N)c2ccc3c(c2)CC[C@H]([C@](C)(ON)C(=O)O)O3)CC1. The van der Waals surface area contributed by atoms with Gasteiger partial charge in [-0.05, 0) is 76.3 Å². The number of carboxylic acids is 1. The number of hydrogen-bond donors (Lipinski definition) is 5. The van der Waals surface area contributed by atoms with E-state index in [0.29, 0.717) is 36.5 Å². The Balaban J connectivity index is 1.65. The number of hydrogen-bond acceptors (Lipinski definition) is 6. The molecule has 0 unspecified atom stereocenters. The van der Waals surface area contributed by atoms with Gasteiger partial charge in [-0.1, -0.05) is 0 Å². The maximum Gasteiger partial charge on any atom is 0.341 e. The zero-order valence-corrected chi connectivity index (χ0v) is 16.5. The van der Waals surface area contributed by atoms with Gasteiger partial charge in [0, 0.05) is 17.6 Å². The third kappa shape index (κ3) is 4.14. The fourth-order valence-corrected chi connectivity index (χ4v) is 4.01. The number of amidine groups is 1. The van der Waals surface area contributed by atoms with Crippen molar-refractivity contribution >= 4 is 11.8 Å². The quantitative estimate of drug-likeness (QED) is 0.283. The lowest BCUT2D eigenvalue weighted by atomic mass is 9.89. The molecule has 1 aromatic carbocycles. The van der Waals surface area contributed by atoms with Gasteiger partial charge in [-0.3, -0.25) is 10.2 Å². The summed E-state index contributed by atoms with van der Waals surface area (Å²) in [6.07, 6.45) is 4.78. The topological polar surface area (TPSA) is 130 Å². The van der Waals surface area contributed by atoms with Crippen molar-refractivity contribution in [2.24, 2.45) is 5.90 Å². The van der Waals surface area contributed by atoms with E-state index in [1.807, 2.05) is 19.2 Å². The average molecular weight is 390 g/mol. The molecule has 0 aromatic heterocycles. The van der Waals surface area contributed by atoms with Crippen molar-refractivity contribution in [3.05, 3.63) is 29.3 Å². The number of rotatable bonds is 6. The predicted octanol–water partition coefficient (Wildman–Crippen LogP) is 1.56. The van der Waals surface area contributed by atoms with Gasteiger partial charge in [0.05, 0.1) is 0 Å². The Labute approximate surface area is 165 Å². The average Bonchev–Trinajstić information content (AvgIpc) is 2.72. The highest BCUT2D eigenvalue weighted by Gasteiger charge is 2.46. The Morgan fingerprint density at radius 1 is 1.29 bits per heavy atom. The lowest BCUT2D eigenvalue weighted by Crippen LogP contribution is -2.54. The number of aryl methyl sites for hydroxylation is 1. The molecule has 0 spiro atoms. The van der Waals surface area contributed by atoms with Gasteiger partial charge in [0.2, 0.25) is 5.60 Å². The molecule has 3 rings (SSSR count). The lowest BCUT2D eigenvalue weighted by Gasteiger charge is -2.35. The molecule has 1 aliphatic heterocycles. The monoisotopic (exact) mass is 390 g/mol. The number of carbonyl (C=O) groups is 1. The van der Waals surface area contributed by atoms with Gasteiger partial charge in [0.15, 0.2) is 0 Å². The van der Waals surface area contributed by atoms with E-state index in [9.17, 15) is 9.90 Å². The molecule has 154 valence electrons. The number of nitrogens with one attached hydrogen (secondary N) is 3. The second-order valence-corrected chi connectivity index (χ2v) is 7.85. The van der Waals surface area contributed by atoms with Gasteiger partial charge in [-0.2, -0.15) is 0 Å². The van der Waals surface area contributed by atoms with E-state index in [2.05, 4.69) is 10.6 Å². The molecule has 1 aromatic rings. The minimum atomic E-state index is -1.60. The van der Waals surface area contributed by atoms with Crippen LogP contribution in [0.3, 0.4) is 0 Å².